The smallest absolute Gasteiger partial charge is 0.433 e. The Kier molecular flexibility index (Phi) is 6.42. The Morgan fingerprint density at radius 2 is 2.11 bits per heavy atom. The third-order valence-corrected chi connectivity index (χ3v) is 4.89. The van der Waals surface area contributed by atoms with Gasteiger partial charge in [0.25, 0.3) is 0 Å². The van der Waals surface area contributed by atoms with Crippen molar-refractivity contribution >= 4 is 35.0 Å². The maximum absolute atomic E-state index is 12.5. The van der Waals surface area contributed by atoms with Crippen LogP contribution in [0.1, 0.15) is 38.4 Å². The molecule has 0 aromatic carbocycles. The Hall–Kier alpha value is -3.76. The van der Waals surface area contributed by atoms with Crippen LogP contribution in [0, 0.1) is 39.7 Å². The van der Waals surface area contributed by atoms with E-state index in [9.17, 15) is 30.2 Å². The molecule has 0 spiro atoms. The van der Waals surface area contributed by atoms with Crippen molar-refractivity contribution in [3.63, 3.8) is 0 Å². The first-order chi connectivity index (χ1) is 13.3. The molecule has 0 atom stereocenters. The molecule has 2 aromatic heterocycles. The van der Waals surface area contributed by atoms with Gasteiger partial charge in [0.05, 0.1) is 23.8 Å². The highest BCUT2D eigenvalue weighted by Gasteiger charge is 2.23. The molecule has 0 unspecified atom stereocenters. The number of allylic oxidation sites excluding steroid dienone is 1. The summed E-state index contributed by atoms with van der Waals surface area (Å²) in [5, 5.41) is 29.2. The predicted molar refractivity (Wildman–Crippen MR) is 97.4 cm³/mol. The number of Topliss-reactive ketones (excluding diaryl/α,β-unsaturated/α-hetero) is 1. The molecular weight excluding hydrogens is 386 g/mol. The van der Waals surface area contributed by atoms with Crippen LogP contribution in [-0.4, -0.2) is 23.3 Å². The maximum atomic E-state index is 12.5. The molecule has 2 rings (SSSR count). The molecule has 2 aromatic rings. The van der Waals surface area contributed by atoms with E-state index in [0.29, 0.717) is 10.4 Å². The van der Waals surface area contributed by atoms with Crippen molar-refractivity contribution in [1.82, 2.24) is 0 Å². The third-order valence-electron chi connectivity index (χ3n) is 3.61. The van der Waals surface area contributed by atoms with Gasteiger partial charge in [-0.05, 0) is 25.5 Å². The molecule has 0 bridgehead atoms. The van der Waals surface area contributed by atoms with Crippen molar-refractivity contribution in [2.24, 2.45) is 0 Å². The van der Waals surface area contributed by atoms with E-state index in [1.165, 1.54) is 6.07 Å². The lowest BCUT2D eigenvalue weighted by Crippen LogP contribution is -2.05. The number of nitrogens with zero attached hydrogens (tertiary/aromatic N) is 3. The second-order valence-corrected chi connectivity index (χ2v) is 6.49. The number of hydrogen-bond donors (Lipinski definition) is 0. The quantitative estimate of drug-likeness (QED) is 0.226. The first kappa shape index (κ1) is 20.6. The number of nitriles is 2. The molecule has 142 valence electrons. The molecule has 0 fully saturated rings. The average molecular weight is 399 g/mol. The number of furan rings is 1. The largest absolute Gasteiger partial charge is 0.462 e. The van der Waals surface area contributed by atoms with Gasteiger partial charge in [0.15, 0.2) is 5.78 Å². The van der Waals surface area contributed by atoms with Gasteiger partial charge in [-0.25, -0.2) is 4.79 Å². The number of carbonyl (C=O) groups excluding carboxylic acids is 2. The van der Waals surface area contributed by atoms with Gasteiger partial charge < -0.3 is 9.15 Å². The SMILES string of the molecule is CCOC(=O)c1sc(CC(=O)/C(C#N)=C/c2ccc([N+](=O)[O-])o2)c(C#N)c1C. The second kappa shape index (κ2) is 8.75. The third kappa shape index (κ3) is 4.31. The normalized spacial score (nSPS) is 10.8. The molecule has 0 saturated heterocycles. The number of rotatable bonds is 7. The van der Waals surface area contributed by atoms with Crippen molar-refractivity contribution < 1.29 is 23.7 Å². The fourth-order valence-corrected chi connectivity index (χ4v) is 3.46. The fourth-order valence-electron chi connectivity index (χ4n) is 2.31. The average Bonchev–Trinajstić information content (AvgIpc) is 3.24. The highest BCUT2D eigenvalue weighted by atomic mass is 32.1. The number of carbonyl (C=O) groups is 2. The Morgan fingerprint density at radius 1 is 1.39 bits per heavy atom. The highest BCUT2D eigenvalue weighted by molar-refractivity contribution is 7.14. The standard InChI is InChI=1S/C18H13N3O6S/c1-3-26-18(23)17-10(2)13(9-20)15(28-17)7-14(22)11(8-19)6-12-4-5-16(27-12)21(24)25/h4-6H,3,7H2,1-2H3/b11-6+. The first-order valence-corrected chi connectivity index (χ1v) is 8.72. The summed E-state index contributed by atoms with van der Waals surface area (Å²) in [5.41, 5.74) is 0.308. The zero-order valence-corrected chi connectivity index (χ0v) is 15.7. The summed E-state index contributed by atoms with van der Waals surface area (Å²) >= 11 is 0.962. The Balaban J connectivity index is 2.32. The molecule has 0 amide bonds. The zero-order chi connectivity index (χ0) is 20.8. The fraction of sp³-hybridized carbons (Fsp3) is 0.222. The number of nitro groups is 1. The first-order valence-electron chi connectivity index (χ1n) is 7.91. The molecule has 0 radical (unpaired) electrons. The molecule has 0 aliphatic rings. The minimum Gasteiger partial charge on any atom is -0.462 e. The van der Waals surface area contributed by atoms with E-state index >= 15 is 0 Å². The molecule has 9 nitrogen and oxygen atoms in total. The van der Waals surface area contributed by atoms with Crippen LogP contribution < -0.4 is 0 Å². The molecule has 28 heavy (non-hydrogen) atoms. The van der Waals surface area contributed by atoms with Crippen LogP contribution in [0.4, 0.5) is 5.88 Å². The van der Waals surface area contributed by atoms with Crippen LogP contribution in [0.5, 0.6) is 0 Å². The molecule has 0 aliphatic heterocycles. The summed E-state index contributed by atoms with van der Waals surface area (Å²) in [4.78, 5) is 34.9. The number of hydrogen-bond acceptors (Lipinski definition) is 9. The Morgan fingerprint density at radius 3 is 2.64 bits per heavy atom. The van der Waals surface area contributed by atoms with Gasteiger partial charge in [-0.1, -0.05) is 0 Å². The summed E-state index contributed by atoms with van der Waals surface area (Å²) < 4.78 is 9.86. The Labute approximate surface area is 163 Å². The predicted octanol–water partition coefficient (Wildman–Crippen LogP) is 3.32. The highest BCUT2D eigenvalue weighted by Crippen LogP contribution is 2.30. The zero-order valence-electron chi connectivity index (χ0n) is 14.8. The lowest BCUT2D eigenvalue weighted by atomic mass is 10.0. The van der Waals surface area contributed by atoms with Crippen molar-refractivity contribution in [2.45, 2.75) is 20.3 Å². The van der Waals surface area contributed by atoms with Gasteiger partial charge >= 0.3 is 11.9 Å². The minimum atomic E-state index is -0.740. The molecule has 0 N–H and O–H groups in total. The van der Waals surface area contributed by atoms with Gasteiger partial charge in [0.2, 0.25) is 0 Å². The summed E-state index contributed by atoms with van der Waals surface area (Å²) in [7, 11) is 0. The van der Waals surface area contributed by atoms with E-state index in [1.807, 2.05) is 6.07 Å². The van der Waals surface area contributed by atoms with E-state index in [4.69, 9.17) is 9.15 Å². The van der Waals surface area contributed by atoms with Crippen LogP contribution >= 0.6 is 11.3 Å². The molecule has 2 heterocycles. The molecular formula is C18H13N3O6S. The monoisotopic (exact) mass is 399 g/mol. The van der Waals surface area contributed by atoms with Crippen LogP contribution in [0.25, 0.3) is 6.08 Å². The summed E-state index contributed by atoms with van der Waals surface area (Å²) in [5.74, 6) is -1.74. The second-order valence-electron chi connectivity index (χ2n) is 5.39. The van der Waals surface area contributed by atoms with Crippen molar-refractivity contribution in [3.05, 3.63) is 54.5 Å². The van der Waals surface area contributed by atoms with Crippen molar-refractivity contribution in [3.8, 4) is 12.1 Å². The summed E-state index contributed by atoms with van der Waals surface area (Å²) in [6, 6.07) is 6.05. The molecule has 10 heteroatoms. The van der Waals surface area contributed by atoms with Gasteiger partial charge in [-0.15, -0.1) is 11.3 Å². The van der Waals surface area contributed by atoms with Crippen LogP contribution in [0.2, 0.25) is 0 Å². The minimum absolute atomic E-state index is 0.0216. The van der Waals surface area contributed by atoms with Crippen molar-refractivity contribution in [1.29, 1.82) is 10.5 Å². The van der Waals surface area contributed by atoms with E-state index < -0.39 is 22.6 Å². The van der Waals surface area contributed by atoms with Crippen LogP contribution in [-0.2, 0) is 16.0 Å². The number of thiophene rings is 1. The van der Waals surface area contributed by atoms with Gasteiger partial charge in [-0.3, -0.25) is 14.9 Å². The number of ketones is 1. The molecule has 0 aliphatic carbocycles. The number of ether oxygens (including phenoxy) is 1. The lowest BCUT2D eigenvalue weighted by molar-refractivity contribution is -0.402. The van der Waals surface area contributed by atoms with Crippen LogP contribution in [0.3, 0.4) is 0 Å². The van der Waals surface area contributed by atoms with Gasteiger partial charge in [0, 0.05) is 17.4 Å². The molecule has 0 saturated carbocycles. The van der Waals surface area contributed by atoms with Crippen molar-refractivity contribution in [2.75, 3.05) is 6.61 Å². The van der Waals surface area contributed by atoms with E-state index in [-0.39, 0.29) is 34.8 Å². The van der Waals surface area contributed by atoms with E-state index in [1.54, 1.807) is 19.9 Å². The number of esters is 1. The summed E-state index contributed by atoms with van der Waals surface area (Å²) in [6.45, 7) is 3.40. The maximum Gasteiger partial charge on any atom is 0.433 e. The van der Waals surface area contributed by atoms with E-state index in [0.717, 1.165) is 23.5 Å². The lowest BCUT2D eigenvalue weighted by Gasteiger charge is -1.98. The van der Waals surface area contributed by atoms with Crippen LogP contribution in [0.15, 0.2) is 22.1 Å². The van der Waals surface area contributed by atoms with Gasteiger partial charge in [-0.2, -0.15) is 10.5 Å². The topological polar surface area (TPSA) is 147 Å². The van der Waals surface area contributed by atoms with Gasteiger partial charge in [0.1, 0.15) is 27.7 Å². The van der Waals surface area contributed by atoms with E-state index in [2.05, 4.69) is 0 Å². The Bertz CT molecular complexity index is 1060. The summed E-state index contributed by atoms with van der Waals surface area (Å²) in [6.07, 6.45) is 0.810.